The number of anilines is 1. The number of rotatable bonds is 8. The molecule has 31 heavy (non-hydrogen) atoms. The second-order valence-corrected chi connectivity index (χ2v) is 9.78. The third-order valence-corrected chi connectivity index (χ3v) is 7.12. The van der Waals surface area contributed by atoms with Gasteiger partial charge in [-0.2, -0.15) is 0 Å². The van der Waals surface area contributed by atoms with Gasteiger partial charge < -0.3 is 10.6 Å². The molecule has 1 fully saturated rings. The van der Waals surface area contributed by atoms with Crippen molar-refractivity contribution in [2.75, 3.05) is 17.8 Å². The highest BCUT2D eigenvalue weighted by atomic mass is 35.5. The van der Waals surface area contributed by atoms with Crippen molar-refractivity contribution >= 4 is 50.7 Å². The van der Waals surface area contributed by atoms with Crippen molar-refractivity contribution in [2.24, 2.45) is 5.92 Å². The molecule has 0 radical (unpaired) electrons. The topological polar surface area (TPSA) is 104 Å². The number of amides is 2. The molecule has 1 aliphatic carbocycles. The fourth-order valence-corrected chi connectivity index (χ4v) is 5.20. The van der Waals surface area contributed by atoms with Crippen molar-refractivity contribution in [3.05, 3.63) is 58.1 Å². The SMILES string of the molecule is O=C(NCCNC(=O)C1CCCC1)c1ccc(NS(=O)(=O)c2cc(Cl)ccc2Cl)cc1. The first-order chi connectivity index (χ1) is 14.8. The average Bonchev–Trinajstić information content (AvgIpc) is 3.28. The summed E-state index contributed by atoms with van der Waals surface area (Å²) in [4.78, 5) is 24.1. The van der Waals surface area contributed by atoms with Crippen LogP contribution in [0.4, 0.5) is 5.69 Å². The summed E-state index contributed by atoms with van der Waals surface area (Å²) in [7, 11) is -3.94. The van der Waals surface area contributed by atoms with Crippen molar-refractivity contribution in [2.45, 2.75) is 30.6 Å². The Bertz CT molecular complexity index is 1050. The van der Waals surface area contributed by atoms with Gasteiger partial charge in [0, 0.05) is 35.3 Å². The maximum Gasteiger partial charge on any atom is 0.263 e. The summed E-state index contributed by atoms with van der Waals surface area (Å²) in [5, 5.41) is 5.86. The Morgan fingerprint density at radius 1 is 0.935 bits per heavy atom. The molecule has 0 atom stereocenters. The lowest BCUT2D eigenvalue weighted by atomic mass is 10.1. The lowest BCUT2D eigenvalue weighted by molar-refractivity contribution is -0.124. The smallest absolute Gasteiger partial charge is 0.263 e. The molecule has 0 bridgehead atoms. The van der Waals surface area contributed by atoms with Gasteiger partial charge in [-0.15, -0.1) is 0 Å². The van der Waals surface area contributed by atoms with Crippen LogP contribution in [-0.2, 0) is 14.8 Å². The van der Waals surface area contributed by atoms with E-state index in [1.54, 1.807) is 0 Å². The van der Waals surface area contributed by atoms with E-state index >= 15 is 0 Å². The maximum absolute atomic E-state index is 12.6. The Hall–Kier alpha value is -2.29. The molecule has 0 unspecified atom stereocenters. The number of nitrogens with one attached hydrogen (secondary N) is 3. The fourth-order valence-electron chi connectivity index (χ4n) is 3.38. The molecular formula is C21H23Cl2N3O4S. The summed E-state index contributed by atoms with van der Waals surface area (Å²) in [6.07, 6.45) is 4.04. The van der Waals surface area contributed by atoms with Crippen LogP contribution in [0.3, 0.4) is 0 Å². The number of hydrogen-bond acceptors (Lipinski definition) is 4. The largest absolute Gasteiger partial charge is 0.354 e. The molecule has 166 valence electrons. The summed E-state index contributed by atoms with van der Waals surface area (Å²) in [5.74, 6) is -0.181. The van der Waals surface area contributed by atoms with E-state index in [2.05, 4.69) is 15.4 Å². The zero-order valence-electron chi connectivity index (χ0n) is 16.7. The van der Waals surface area contributed by atoms with Crippen LogP contribution < -0.4 is 15.4 Å². The standard InChI is InChI=1S/C21H23Cl2N3O4S/c22-16-7-10-18(23)19(13-16)31(29,30)26-17-8-5-15(6-9-17)21(28)25-12-11-24-20(27)14-3-1-2-4-14/h5-10,13-14,26H,1-4,11-12H2,(H,24,27)(H,25,28). The van der Waals surface area contributed by atoms with Gasteiger partial charge in [-0.05, 0) is 55.3 Å². The Labute approximate surface area is 191 Å². The molecule has 0 saturated heterocycles. The highest BCUT2D eigenvalue weighted by Crippen LogP contribution is 2.27. The van der Waals surface area contributed by atoms with Crippen LogP contribution >= 0.6 is 23.2 Å². The van der Waals surface area contributed by atoms with Crippen LogP contribution in [0.25, 0.3) is 0 Å². The second kappa shape index (κ2) is 10.3. The van der Waals surface area contributed by atoms with E-state index < -0.39 is 10.0 Å². The zero-order valence-corrected chi connectivity index (χ0v) is 19.0. The van der Waals surface area contributed by atoms with Gasteiger partial charge in [-0.1, -0.05) is 36.0 Å². The minimum absolute atomic E-state index is 0.0446. The van der Waals surface area contributed by atoms with Gasteiger partial charge in [0.2, 0.25) is 5.91 Å². The number of carbonyl (C=O) groups is 2. The highest BCUT2D eigenvalue weighted by Gasteiger charge is 2.22. The van der Waals surface area contributed by atoms with E-state index in [-0.39, 0.29) is 38.4 Å². The molecule has 7 nitrogen and oxygen atoms in total. The average molecular weight is 484 g/mol. The van der Waals surface area contributed by atoms with Crippen LogP contribution in [0.5, 0.6) is 0 Å². The summed E-state index contributed by atoms with van der Waals surface area (Å²) in [6, 6.07) is 10.1. The van der Waals surface area contributed by atoms with Crippen molar-refractivity contribution in [3.8, 4) is 0 Å². The van der Waals surface area contributed by atoms with Gasteiger partial charge in [-0.3, -0.25) is 14.3 Å². The second-order valence-electron chi connectivity index (χ2n) is 7.29. The van der Waals surface area contributed by atoms with Gasteiger partial charge in [-0.25, -0.2) is 8.42 Å². The van der Waals surface area contributed by atoms with E-state index in [9.17, 15) is 18.0 Å². The van der Waals surface area contributed by atoms with Crippen LogP contribution in [0.15, 0.2) is 47.4 Å². The molecule has 3 rings (SSSR count). The predicted molar refractivity (Wildman–Crippen MR) is 121 cm³/mol. The Balaban J connectivity index is 1.51. The number of hydrogen-bond donors (Lipinski definition) is 3. The first kappa shape index (κ1) is 23.4. The first-order valence-corrected chi connectivity index (χ1v) is 12.1. The fraction of sp³-hybridized carbons (Fsp3) is 0.333. The van der Waals surface area contributed by atoms with Crippen LogP contribution in [-0.4, -0.2) is 33.3 Å². The van der Waals surface area contributed by atoms with Crippen molar-refractivity contribution < 1.29 is 18.0 Å². The quantitative estimate of drug-likeness (QED) is 0.496. The minimum atomic E-state index is -3.94. The molecule has 0 spiro atoms. The number of sulfonamides is 1. The Morgan fingerprint density at radius 3 is 2.26 bits per heavy atom. The van der Waals surface area contributed by atoms with E-state index in [0.717, 1.165) is 25.7 Å². The van der Waals surface area contributed by atoms with E-state index in [4.69, 9.17) is 23.2 Å². The molecular weight excluding hydrogens is 461 g/mol. The Kier molecular flexibility index (Phi) is 7.80. The molecule has 1 aliphatic rings. The summed E-state index contributed by atoms with van der Waals surface area (Å²) in [5.41, 5.74) is 0.641. The molecule has 0 aliphatic heterocycles. The van der Waals surface area contributed by atoms with E-state index in [1.165, 1.54) is 42.5 Å². The molecule has 0 heterocycles. The van der Waals surface area contributed by atoms with Crippen LogP contribution in [0, 0.1) is 5.92 Å². The van der Waals surface area contributed by atoms with Crippen LogP contribution in [0.2, 0.25) is 10.0 Å². The number of carbonyl (C=O) groups excluding carboxylic acids is 2. The molecule has 10 heteroatoms. The molecule has 3 N–H and O–H groups in total. The van der Waals surface area contributed by atoms with Gasteiger partial charge in [0.25, 0.3) is 15.9 Å². The number of benzene rings is 2. The van der Waals surface area contributed by atoms with Crippen molar-refractivity contribution in [1.82, 2.24) is 10.6 Å². The van der Waals surface area contributed by atoms with Gasteiger partial charge >= 0.3 is 0 Å². The van der Waals surface area contributed by atoms with Crippen molar-refractivity contribution in [1.29, 1.82) is 0 Å². The Morgan fingerprint density at radius 2 is 1.58 bits per heavy atom. The molecule has 0 aromatic heterocycles. The lowest BCUT2D eigenvalue weighted by Crippen LogP contribution is -2.37. The third kappa shape index (κ3) is 6.35. The first-order valence-electron chi connectivity index (χ1n) is 9.90. The van der Waals surface area contributed by atoms with Crippen LogP contribution in [0.1, 0.15) is 36.0 Å². The van der Waals surface area contributed by atoms with E-state index in [1.807, 2.05) is 0 Å². The lowest BCUT2D eigenvalue weighted by Gasteiger charge is -2.12. The summed E-state index contributed by atoms with van der Waals surface area (Å²) in [6.45, 7) is 0.665. The maximum atomic E-state index is 12.6. The molecule has 1 saturated carbocycles. The molecule has 2 aromatic carbocycles. The van der Waals surface area contributed by atoms with Gasteiger partial charge in [0.1, 0.15) is 4.90 Å². The van der Waals surface area contributed by atoms with Gasteiger partial charge in [0.15, 0.2) is 0 Å². The van der Waals surface area contributed by atoms with E-state index in [0.29, 0.717) is 18.7 Å². The third-order valence-electron chi connectivity index (χ3n) is 5.02. The van der Waals surface area contributed by atoms with Crippen molar-refractivity contribution in [3.63, 3.8) is 0 Å². The predicted octanol–water partition coefficient (Wildman–Crippen LogP) is 3.83. The molecule has 2 amide bonds. The monoisotopic (exact) mass is 483 g/mol. The summed E-state index contributed by atoms with van der Waals surface area (Å²) < 4.78 is 27.5. The zero-order chi connectivity index (χ0) is 22.4. The molecule has 2 aromatic rings. The normalized spacial score (nSPS) is 14.3. The highest BCUT2D eigenvalue weighted by molar-refractivity contribution is 7.92. The minimum Gasteiger partial charge on any atom is -0.354 e. The van der Waals surface area contributed by atoms with Gasteiger partial charge in [0.05, 0.1) is 5.02 Å². The number of halogens is 2. The summed E-state index contributed by atoms with van der Waals surface area (Å²) >= 11 is 11.8.